The highest BCUT2D eigenvalue weighted by Gasteiger charge is 2.61. The van der Waals surface area contributed by atoms with Crippen LogP contribution < -0.4 is 0 Å². The number of hydrogen-bond donors (Lipinski definition) is 0. The SMILES string of the molecule is COP(=O)(OC)[C@]1(C)C[C@@](C)(P(=O)(OC)OC)N=N1. The van der Waals surface area contributed by atoms with Crippen LogP contribution in [0, 0.1) is 0 Å². The first-order valence-corrected chi connectivity index (χ1v) is 8.62. The molecule has 10 heteroatoms. The summed E-state index contributed by atoms with van der Waals surface area (Å²) in [6, 6.07) is 0. The van der Waals surface area contributed by atoms with Gasteiger partial charge < -0.3 is 18.1 Å². The average Bonchev–Trinajstić information content (AvgIpc) is 2.75. The molecule has 8 nitrogen and oxygen atoms in total. The first-order chi connectivity index (χ1) is 8.66. The van der Waals surface area contributed by atoms with E-state index in [9.17, 15) is 9.13 Å². The predicted octanol–water partition coefficient (Wildman–Crippen LogP) is 3.25. The van der Waals surface area contributed by atoms with Gasteiger partial charge >= 0.3 is 15.2 Å². The monoisotopic (exact) mass is 314 g/mol. The normalized spacial score (nSPS) is 31.9. The summed E-state index contributed by atoms with van der Waals surface area (Å²) >= 11 is 0. The van der Waals surface area contributed by atoms with E-state index in [0.29, 0.717) is 0 Å². The largest absolute Gasteiger partial charge is 0.359 e. The standard InChI is InChI=1S/C9H20N2O6P2/c1-8(18(12,14-3)15-4)7-9(2,11-10-8)19(13,16-5)17-6/h7H2,1-6H3/t8-,9-/m1/s1. The molecular weight excluding hydrogens is 294 g/mol. The smallest absolute Gasteiger partial charge is 0.310 e. The molecule has 0 aromatic heterocycles. The molecule has 0 amide bonds. The van der Waals surface area contributed by atoms with Crippen LogP contribution in [-0.2, 0) is 27.2 Å². The summed E-state index contributed by atoms with van der Waals surface area (Å²) in [5.74, 6) is 0. The molecule has 0 saturated carbocycles. The van der Waals surface area contributed by atoms with Crippen molar-refractivity contribution < 1.29 is 27.2 Å². The molecule has 1 heterocycles. The molecule has 0 spiro atoms. The third kappa shape index (κ3) is 2.46. The molecule has 0 saturated heterocycles. The van der Waals surface area contributed by atoms with E-state index < -0.39 is 25.8 Å². The maximum absolute atomic E-state index is 12.5. The summed E-state index contributed by atoms with van der Waals surface area (Å²) < 4.78 is 44.8. The molecule has 19 heavy (non-hydrogen) atoms. The minimum absolute atomic E-state index is 0.0674. The minimum atomic E-state index is -3.50. The summed E-state index contributed by atoms with van der Waals surface area (Å²) in [5.41, 5.74) is 0. The molecule has 0 unspecified atom stereocenters. The highest BCUT2D eigenvalue weighted by Crippen LogP contribution is 2.71. The zero-order chi connectivity index (χ0) is 14.9. The third-order valence-corrected chi connectivity index (χ3v) is 8.07. The molecule has 112 valence electrons. The Hall–Kier alpha value is -0.100. The molecule has 1 aliphatic heterocycles. The van der Waals surface area contributed by atoms with Crippen molar-refractivity contribution >= 4 is 15.2 Å². The van der Waals surface area contributed by atoms with Crippen molar-refractivity contribution in [3.63, 3.8) is 0 Å². The Morgan fingerprint density at radius 2 is 1.05 bits per heavy atom. The topological polar surface area (TPSA) is 95.8 Å². The first-order valence-electron chi connectivity index (χ1n) is 5.53. The zero-order valence-corrected chi connectivity index (χ0v) is 13.7. The molecule has 0 aromatic carbocycles. The van der Waals surface area contributed by atoms with Crippen LogP contribution in [0.5, 0.6) is 0 Å². The molecule has 0 fully saturated rings. The molecule has 0 N–H and O–H groups in total. The number of rotatable bonds is 6. The quantitative estimate of drug-likeness (QED) is 0.698. The van der Waals surface area contributed by atoms with Crippen LogP contribution in [0.4, 0.5) is 0 Å². The van der Waals surface area contributed by atoms with Crippen LogP contribution in [0.1, 0.15) is 20.3 Å². The molecule has 0 aromatic rings. The van der Waals surface area contributed by atoms with Crippen LogP contribution in [0.3, 0.4) is 0 Å². The Bertz CT molecular complexity index is 414. The van der Waals surface area contributed by atoms with E-state index in [1.54, 1.807) is 13.8 Å². The van der Waals surface area contributed by atoms with Crippen LogP contribution in [0.25, 0.3) is 0 Å². The van der Waals surface area contributed by atoms with Crippen molar-refractivity contribution in [2.75, 3.05) is 28.4 Å². The maximum Gasteiger partial charge on any atom is 0.359 e. The van der Waals surface area contributed by atoms with Crippen molar-refractivity contribution in [2.24, 2.45) is 10.2 Å². The van der Waals surface area contributed by atoms with E-state index in [1.807, 2.05) is 0 Å². The highest BCUT2D eigenvalue weighted by atomic mass is 31.2. The third-order valence-electron chi connectivity index (χ3n) is 3.29. The number of hydrogen-bond acceptors (Lipinski definition) is 8. The molecule has 0 aliphatic carbocycles. The fourth-order valence-electron chi connectivity index (χ4n) is 2.16. The van der Waals surface area contributed by atoms with Gasteiger partial charge in [-0.1, -0.05) is 0 Å². The number of nitrogens with zero attached hydrogens (tertiary/aromatic N) is 2. The fraction of sp³-hybridized carbons (Fsp3) is 1.00. The second kappa shape index (κ2) is 5.35. The first kappa shape index (κ1) is 17.0. The molecule has 0 radical (unpaired) electrons. The lowest BCUT2D eigenvalue weighted by molar-refractivity contribution is 0.234. The Balaban J connectivity index is 3.18. The minimum Gasteiger partial charge on any atom is -0.310 e. The van der Waals surface area contributed by atoms with Crippen molar-refractivity contribution in [1.29, 1.82) is 0 Å². The maximum atomic E-state index is 12.5. The van der Waals surface area contributed by atoms with Gasteiger partial charge in [0.1, 0.15) is 0 Å². The molecule has 2 atom stereocenters. The van der Waals surface area contributed by atoms with Crippen molar-refractivity contribution in [2.45, 2.75) is 30.8 Å². The van der Waals surface area contributed by atoms with Crippen molar-refractivity contribution in [1.82, 2.24) is 0 Å². The lowest BCUT2D eigenvalue weighted by Gasteiger charge is -2.31. The van der Waals surface area contributed by atoms with E-state index in [0.717, 1.165) is 0 Å². The van der Waals surface area contributed by atoms with Gasteiger partial charge in [-0.3, -0.25) is 9.13 Å². The van der Waals surface area contributed by atoms with E-state index in [-0.39, 0.29) is 6.42 Å². The van der Waals surface area contributed by atoms with Crippen LogP contribution in [-0.4, -0.2) is 39.0 Å². The van der Waals surface area contributed by atoms with E-state index >= 15 is 0 Å². The van der Waals surface area contributed by atoms with Crippen LogP contribution in [0.2, 0.25) is 0 Å². The van der Waals surface area contributed by atoms with Gasteiger partial charge in [0.25, 0.3) is 0 Å². The van der Waals surface area contributed by atoms with Crippen molar-refractivity contribution in [3.8, 4) is 0 Å². The second-order valence-corrected chi connectivity index (χ2v) is 9.91. The summed E-state index contributed by atoms with van der Waals surface area (Å²) in [5, 5.41) is 5.50. The van der Waals surface area contributed by atoms with Gasteiger partial charge in [-0.2, -0.15) is 10.2 Å². The molecule has 0 bridgehead atoms. The summed E-state index contributed by atoms with van der Waals surface area (Å²) in [6.45, 7) is 3.15. The van der Waals surface area contributed by atoms with Gasteiger partial charge in [0, 0.05) is 34.9 Å². The van der Waals surface area contributed by atoms with Gasteiger partial charge in [0.2, 0.25) is 0 Å². The summed E-state index contributed by atoms with van der Waals surface area (Å²) in [6.07, 6.45) is 0.0674. The van der Waals surface area contributed by atoms with Crippen molar-refractivity contribution in [3.05, 3.63) is 0 Å². The fourth-order valence-corrected chi connectivity index (χ4v) is 5.47. The lowest BCUT2D eigenvalue weighted by Crippen LogP contribution is -2.30. The lowest BCUT2D eigenvalue weighted by atomic mass is 10.1. The Morgan fingerprint density at radius 3 is 1.26 bits per heavy atom. The predicted molar refractivity (Wildman–Crippen MR) is 69.5 cm³/mol. The van der Waals surface area contributed by atoms with E-state index in [4.69, 9.17) is 18.1 Å². The van der Waals surface area contributed by atoms with Crippen LogP contribution >= 0.6 is 15.2 Å². The Labute approximate surface area is 112 Å². The zero-order valence-electron chi connectivity index (χ0n) is 11.9. The molecule has 1 aliphatic rings. The summed E-state index contributed by atoms with van der Waals surface area (Å²) in [7, 11) is -1.92. The number of azo groups is 1. The van der Waals surface area contributed by atoms with Gasteiger partial charge in [-0.05, 0) is 13.8 Å². The van der Waals surface area contributed by atoms with Gasteiger partial charge in [-0.25, -0.2) is 0 Å². The van der Waals surface area contributed by atoms with E-state index in [1.165, 1.54) is 28.4 Å². The Kier molecular flexibility index (Phi) is 4.78. The highest BCUT2D eigenvalue weighted by molar-refractivity contribution is 7.57. The second-order valence-electron chi connectivity index (χ2n) is 4.54. The molecule has 1 rings (SSSR count). The Morgan fingerprint density at radius 1 is 0.789 bits per heavy atom. The van der Waals surface area contributed by atoms with Gasteiger partial charge in [0.05, 0.1) is 0 Å². The van der Waals surface area contributed by atoms with Crippen LogP contribution in [0.15, 0.2) is 10.2 Å². The average molecular weight is 314 g/mol. The van der Waals surface area contributed by atoms with Gasteiger partial charge in [0.15, 0.2) is 10.6 Å². The molecular formula is C9H20N2O6P2. The van der Waals surface area contributed by atoms with E-state index in [2.05, 4.69) is 10.2 Å². The van der Waals surface area contributed by atoms with Gasteiger partial charge in [-0.15, -0.1) is 0 Å². The summed E-state index contributed by atoms with van der Waals surface area (Å²) in [4.78, 5) is 0.